The molecule has 0 N–H and O–H groups in total. The largest absolute Gasteiger partial charge is 0.455 e. The van der Waals surface area contributed by atoms with Crippen molar-refractivity contribution in [1.29, 1.82) is 0 Å². The van der Waals surface area contributed by atoms with Gasteiger partial charge in [-0.2, -0.15) is 0 Å². The summed E-state index contributed by atoms with van der Waals surface area (Å²) in [5.74, 6) is 0. The number of furan rings is 1. The second kappa shape index (κ2) is 10.1. The van der Waals surface area contributed by atoms with E-state index in [1.807, 2.05) is 18.2 Å². The van der Waals surface area contributed by atoms with Crippen molar-refractivity contribution >= 4 is 54.6 Å². The molecule has 4 heterocycles. The van der Waals surface area contributed by atoms with Crippen LogP contribution in [0.1, 0.15) is 0 Å². The lowest BCUT2D eigenvalue weighted by molar-refractivity contribution is 0.673. The third-order valence-electron chi connectivity index (χ3n) is 9.34. The first-order valence-electron chi connectivity index (χ1n) is 15.9. The predicted molar refractivity (Wildman–Crippen MR) is 194 cm³/mol. The van der Waals surface area contributed by atoms with Crippen LogP contribution in [0.5, 0.6) is 0 Å². The number of aromatic nitrogens is 3. The molecule has 0 radical (unpaired) electrons. The molecule has 47 heavy (non-hydrogen) atoms. The fourth-order valence-electron chi connectivity index (χ4n) is 7.22. The minimum atomic E-state index is 0.907. The number of rotatable bonds is 4. The smallest absolute Gasteiger partial charge is 0.145 e. The monoisotopic (exact) mass is 601 g/mol. The Morgan fingerprint density at radius 2 is 1.06 bits per heavy atom. The zero-order chi connectivity index (χ0) is 30.9. The number of nitrogens with zero attached hydrogens (tertiary/aromatic N) is 3. The van der Waals surface area contributed by atoms with E-state index in [1.54, 1.807) is 0 Å². The van der Waals surface area contributed by atoms with Crippen molar-refractivity contribution in [2.75, 3.05) is 0 Å². The Morgan fingerprint density at radius 1 is 0.468 bits per heavy atom. The van der Waals surface area contributed by atoms with Crippen molar-refractivity contribution in [3.63, 3.8) is 0 Å². The number of hydrogen-bond acceptors (Lipinski definition) is 2. The van der Waals surface area contributed by atoms with Gasteiger partial charge >= 0.3 is 0 Å². The molecular formula is C43H27N3O. The minimum absolute atomic E-state index is 0.907. The molecule has 0 unspecified atom stereocenters. The van der Waals surface area contributed by atoms with E-state index in [9.17, 15) is 0 Å². The van der Waals surface area contributed by atoms with Gasteiger partial charge in [-0.05, 0) is 42.5 Å². The number of fused-ring (bicyclic) bond motifs is 8. The molecule has 0 amide bonds. The standard InChI is InChI=1S/C43H27N3O/c1-3-13-28(14-4-1)35-25-30(26-36(44-35)29-15-5-2-6-16-29)45-27-40(33-18-7-10-20-37(33)45)46-38-21-11-8-19-34(38)42-39(46)24-23-32-31-17-9-12-22-41(31)47-43(32)42/h1-27H. The fraction of sp³-hybridized carbons (Fsp3) is 0. The van der Waals surface area contributed by atoms with E-state index in [-0.39, 0.29) is 0 Å². The molecule has 10 rings (SSSR count). The van der Waals surface area contributed by atoms with Crippen LogP contribution in [0.2, 0.25) is 0 Å². The van der Waals surface area contributed by atoms with Gasteiger partial charge in [0.25, 0.3) is 0 Å². The van der Waals surface area contributed by atoms with Crippen LogP contribution in [0.4, 0.5) is 0 Å². The molecule has 220 valence electrons. The maximum Gasteiger partial charge on any atom is 0.145 e. The number of benzene rings is 6. The van der Waals surface area contributed by atoms with Crippen molar-refractivity contribution in [3.8, 4) is 33.9 Å². The molecule has 4 heteroatoms. The molecule has 0 atom stereocenters. The van der Waals surface area contributed by atoms with Gasteiger partial charge in [0.15, 0.2) is 0 Å². The molecule has 0 aliphatic rings. The Balaban J connectivity index is 1.27. The van der Waals surface area contributed by atoms with Crippen LogP contribution in [0, 0.1) is 0 Å². The molecule has 4 nitrogen and oxygen atoms in total. The zero-order valence-corrected chi connectivity index (χ0v) is 25.3. The van der Waals surface area contributed by atoms with Crippen LogP contribution in [-0.2, 0) is 0 Å². The highest BCUT2D eigenvalue weighted by Gasteiger charge is 2.21. The van der Waals surface area contributed by atoms with Crippen molar-refractivity contribution < 1.29 is 4.42 Å². The van der Waals surface area contributed by atoms with E-state index in [4.69, 9.17) is 9.40 Å². The first-order chi connectivity index (χ1) is 23.3. The Hall–Kier alpha value is -6.39. The Morgan fingerprint density at radius 3 is 1.79 bits per heavy atom. The number of pyridine rings is 1. The predicted octanol–water partition coefficient (Wildman–Crippen LogP) is 11.4. The molecule has 0 bridgehead atoms. The van der Waals surface area contributed by atoms with E-state index in [2.05, 4.69) is 155 Å². The van der Waals surface area contributed by atoms with Crippen molar-refractivity contribution in [3.05, 3.63) is 164 Å². The molecule has 6 aromatic carbocycles. The maximum atomic E-state index is 6.57. The molecule has 0 saturated carbocycles. The summed E-state index contributed by atoms with van der Waals surface area (Å²) < 4.78 is 11.3. The Bertz CT molecular complexity index is 2730. The van der Waals surface area contributed by atoms with Gasteiger partial charge in [-0.1, -0.05) is 115 Å². The number of hydrogen-bond donors (Lipinski definition) is 0. The van der Waals surface area contributed by atoms with Gasteiger partial charge in [0.1, 0.15) is 11.2 Å². The average Bonchev–Trinajstić information content (AvgIpc) is 3.82. The first kappa shape index (κ1) is 25.9. The minimum Gasteiger partial charge on any atom is -0.455 e. The van der Waals surface area contributed by atoms with Gasteiger partial charge in [0.05, 0.1) is 39.0 Å². The average molecular weight is 602 g/mol. The topological polar surface area (TPSA) is 35.9 Å². The third-order valence-corrected chi connectivity index (χ3v) is 9.34. The van der Waals surface area contributed by atoms with Gasteiger partial charge in [-0.25, -0.2) is 4.98 Å². The van der Waals surface area contributed by atoms with Crippen molar-refractivity contribution in [1.82, 2.24) is 14.1 Å². The van der Waals surface area contributed by atoms with Crippen LogP contribution in [0.3, 0.4) is 0 Å². The first-order valence-corrected chi connectivity index (χ1v) is 15.9. The zero-order valence-electron chi connectivity index (χ0n) is 25.3. The molecule has 0 saturated heterocycles. The van der Waals surface area contributed by atoms with Crippen LogP contribution >= 0.6 is 0 Å². The second-order valence-corrected chi connectivity index (χ2v) is 12.0. The molecule has 4 aromatic heterocycles. The van der Waals surface area contributed by atoms with Gasteiger partial charge in [0.2, 0.25) is 0 Å². The van der Waals surface area contributed by atoms with Crippen LogP contribution in [0.25, 0.3) is 88.5 Å². The SMILES string of the molecule is c1ccc(-c2cc(-n3cc(-n4c5ccccc5c5c6oc7ccccc7c6ccc54)c4ccccc43)cc(-c3ccccc3)n2)cc1. The van der Waals surface area contributed by atoms with E-state index >= 15 is 0 Å². The van der Waals surface area contributed by atoms with Gasteiger partial charge in [-0.3, -0.25) is 0 Å². The highest BCUT2D eigenvalue weighted by molar-refractivity contribution is 6.24. The van der Waals surface area contributed by atoms with Crippen LogP contribution < -0.4 is 0 Å². The highest BCUT2D eigenvalue weighted by atomic mass is 16.3. The summed E-state index contributed by atoms with van der Waals surface area (Å²) in [4.78, 5) is 5.14. The lowest BCUT2D eigenvalue weighted by Crippen LogP contribution is -1.97. The van der Waals surface area contributed by atoms with Gasteiger partial charge < -0.3 is 13.6 Å². The van der Waals surface area contributed by atoms with Gasteiger partial charge in [0, 0.05) is 44.6 Å². The summed E-state index contributed by atoms with van der Waals surface area (Å²) in [6, 6.07) is 55.3. The van der Waals surface area contributed by atoms with Crippen LogP contribution in [-0.4, -0.2) is 14.1 Å². The normalized spacial score (nSPS) is 11.8. The third kappa shape index (κ3) is 3.92. The van der Waals surface area contributed by atoms with E-state index in [0.717, 1.165) is 77.8 Å². The van der Waals surface area contributed by atoms with Crippen molar-refractivity contribution in [2.45, 2.75) is 0 Å². The summed E-state index contributed by atoms with van der Waals surface area (Å²) in [6.07, 6.45) is 2.28. The Labute approximate surface area is 270 Å². The quantitative estimate of drug-likeness (QED) is 0.201. The maximum absolute atomic E-state index is 6.57. The molecule has 0 aliphatic carbocycles. The van der Waals surface area contributed by atoms with E-state index < -0.39 is 0 Å². The molecule has 10 aromatic rings. The summed E-state index contributed by atoms with van der Waals surface area (Å²) in [7, 11) is 0. The summed E-state index contributed by atoms with van der Waals surface area (Å²) in [6.45, 7) is 0. The highest BCUT2D eigenvalue weighted by Crippen LogP contribution is 2.42. The molecule has 0 aliphatic heterocycles. The molecule has 0 spiro atoms. The lowest BCUT2D eigenvalue weighted by Gasteiger charge is -2.12. The fourth-order valence-corrected chi connectivity index (χ4v) is 7.22. The summed E-state index contributed by atoms with van der Waals surface area (Å²) in [5, 5.41) is 5.74. The number of para-hydroxylation sites is 3. The van der Waals surface area contributed by atoms with Crippen molar-refractivity contribution in [2.24, 2.45) is 0 Å². The Kier molecular flexibility index (Phi) is 5.54. The molecular weight excluding hydrogens is 574 g/mol. The van der Waals surface area contributed by atoms with Gasteiger partial charge in [-0.15, -0.1) is 0 Å². The lowest BCUT2D eigenvalue weighted by atomic mass is 10.1. The van der Waals surface area contributed by atoms with E-state index in [1.165, 1.54) is 10.8 Å². The summed E-state index contributed by atoms with van der Waals surface area (Å²) >= 11 is 0. The molecule has 0 fully saturated rings. The second-order valence-electron chi connectivity index (χ2n) is 12.0. The van der Waals surface area contributed by atoms with E-state index in [0.29, 0.717) is 0 Å². The van der Waals surface area contributed by atoms with Crippen LogP contribution in [0.15, 0.2) is 168 Å². The summed E-state index contributed by atoms with van der Waals surface area (Å²) in [5.41, 5.74) is 11.4.